The summed E-state index contributed by atoms with van der Waals surface area (Å²) in [4.78, 5) is 15.9. The Morgan fingerprint density at radius 2 is 1.95 bits per heavy atom. The number of hydrogen-bond donors (Lipinski definition) is 3. The highest BCUT2D eigenvalue weighted by atomic mass is 35.5. The number of aryl methyl sites for hydroxylation is 1. The topological polar surface area (TPSA) is 80.0 Å². The molecule has 4 N–H and O–H groups in total. The summed E-state index contributed by atoms with van der Waals surface area (Å²) >= 11 is 1.56. The van der Waals surface area contributed by atoms with Crippen molar-refractivity contribution in [2.24, 2.45) is 5.73 Å². The standard InChI is InChI=1S/C14H18N4OS.ClH/c1-10-9-20-14(16-10)18-12-6-4-11(5-7-12)17-13(19)3-2-8-15;/h4-7,9H,2-3,8,15H2,1H3,(H,16,18)(H,17,19);1H. The van der Waals surface area contributed by atoms with Crippen molar-refractivity contribution in [2.45, 2.75) is 19.8 Å². The third-order valence-electron chi connectivity index (χ3n) is 2.65. The van der Waals surface area contributed by atoms with Crippen molar-refractivity contribution < 1.29 is 4.79 Å². The Bertz CT molecular complexity index is 571. The highest BCUT2D eigenvalue weighted by Crippen LogP contribution is 2.21. The van der Waals surface area contributed by atoms with E-state index in [2.05, 4.69) is 15.6 Å². The van der Waals surface area contributed by atoms with Gasteiger partial charge < -0.3 is 16.4 Å². The Kier molecular flexibility index (Phi) is 7.14. The summed E-state index contributed by atoms with van der Waals surface area (Å²) in [6.45, 7) is 2.49. The maximum absolute atomic E-state index is 11.6. The maximum atomic E-state index is 11.6. The normalized spacial score (nSPS) is 9.81. The van der Waals surface area contributed by atoms with Gasteiger partial charge in [0.05, 0.1) is 5.69 Å². The fraction of sp³-hybridized carbons (Fsp3) is 0.286. The molecule has 114 valence electrons. The van der Waals surface area contributed by atoms with Crippen LogP contribution in [0.5, 0.6) is 0 Å². The molecule has 0 spiro atoms. The molecule has 0 unspecified atom stereocenters. The average molecular weight is 327 g/mol. The number of amides is 1. The van der Waals surface area contributed by atoms with E-state index in [0.29, 0.717) is 19.4 Å². The molecule has 1 amide bonds. The van der Waals surface area contributed by atoms with E-state index in [0.717, 1.165) is 22.2 Å². The van der Waals surface area contributed by atoms with Gasteiger partial charge in [-0.2, -0.15) is 0 Å². The molecule has 0 aliphatic rings. The third-order valence-corrected chi connectivity index (χ3v) is 3.52. The maximum Gasteiger partial charge on any atom is 0.224 e. The molecule has 1 aromatic heterocycles. The molecule has 0 bridgehead atoms. The van der Waals surface area contributed by atoms with Gasteiger partial charge in [-0.3, -0.25) is 4.79 Å². The van der Waals surface area contributed by atoms with Crippen LogP contribution >= 0.6 is 23.7 Å². The molecule has 21 heavy (non-hydrogen) atoms. The molecule has 2 aromatic rings. The van der Waals surface area contributed by atoms with Crippen molar-refractivity contribution in [1.82, 2.24) is 4.98 Å². The molecule has 0 radical (unpaired) electrons. The number of halogens is 1. The Morgan fingerprint density at radius 3 is 2.52 bits per heavy atom. The highest BCUT2D eigenvalue weighted by Gasteiger charge is 2.02. The van der Waals surface area contributed by atoms with Crippen molar-refractivity contribution >= 4 is 46.2 Å². The van der Waals surface area contributed by atoms with Crippen LogP contribution in [0.15, 0.2) is 29.6 Å². The Labute approximate surface area is 134 Å². The number of carbonyl (C=O) groups is 1. The van der Waals surface area contributed by atoms with Crippen LogP contribution in [0.1, 0.15) is 18.5 Å². The van der Waals surface area contributed by atoms with Gasteiger partial charge in [-0.05, 0) is 44.2 Å². The molecule has 1 aromatic carbocycles. The number of aromatic nitrogens is 1. The predicted octanol–water partition coefficient (Wildman–Crippen LogP) is 3.29. The molecule has 1 heterocycles. The molecule has 0 aliphatic heterocycles. The highest BCUT2D eigenvalue weighted by molar-refractivity contribution is 7.13. The second-order valence-corrected chi connectivity index (χ2v) is 5.29. The van der Waals surface area contributed by atoms with Crippen LogP contribution in [0.3, 0.4) is 0 Å². The van der Waals surface area contributed by atoms with Crippen LogP contribution < -0.4 is 16.4 Å². The number of thiazole rings is 1. The second kappa shape index (κ2) is 8.61. The van der Waals surface area contributed by atoms with Gasteiger partial charge in [-0.25, -0.2) is 4.98 Å². The van der Waals surface area contributed by atoms with Gasteiger partial charge in [-0.15, -0.1) is 23.7 Å². The van der Waals surface area contributed by atoms with E-state index < -0.39 is 0 Å². The predicted molar refractivity (Wildman–Crippen MR) is 90.7 cm³/mol. The summed E-state index contributed by atoms with van der Waals surface area (Å²) in [5.74, 6) is -0.00768. The lowest BCUT2D eigenvalue weighted by Crippen LogP contribution is -2.13. The fourth-order valence-electron chi connectivity index (χ4n) is 1.66. The second-order valence-electron chi connectivity index (χ2n) is 4.44. The first-order valence-corrected chi connectivity index (χ1v) is 7.34. The molecule has 5 nitrogen and oxygen atoms in total. The van der Waals surface area contributed by atoms with Crippen molar-refractivity contribution in [2.75, 3.05) is 17.2 Å². The van der Waals surface area contributed by atoms with Crippen LogP contribution in [-0.2, 0) is 4.79 Å². The van der Waals surface area contributed by atoms with Gasteiger partial charge in [0.15, 0.2) is 5.13 Å². The molecule has 0 atom stereocenters. The number of hydrogen-bond acceptors (Lipinski definition) is 5. The summed E-state index contributed by atoms with van der Waals surface area (Å²) < 4.78 is 0. The van der Waals surface area contributed by atoms with Gasteiger partial charge in [0.2, 0.25) is 5.91 Å². The molecule has 0 saturated carbocycles. The minimum Gasteiger partial charge on any atom is -0.332 e. The molecule has 0 saturated heterocycles. The van der Waals surface area contributed by atoms with Crippen LogP contribution in [0.4, 0.5) is 16.5 Å². The van der Waals surface area contributed by atoms with E-state index in [4.69, 9.17) is 5.73 Å². The average Bonchev–Trinajstić information content (AvgIpc) is 2.84. The number of carbonyl (C=O) groups excluding carboxylic acids is 1. The van der Waals surface area contributed by atoms with Gasteiger partial charge in [-0.1, -0.05) is 0 Å². The third kappa shape index (κ3) is 5.71. The number of nitrogens with zero attached hydrogens (tertiary/aromatic N) is 1. The first kappa shape index (κ1) is 17.4. The number of rotatable bonds is 6. The summed E-state index contributed by atoms with van der Waals surface area (Å²) in [5, 5.41) is 8.91. The lowest BCUT2D eigenvalue weighted by Gasteiger charge is -2.06. The Hall–Kier alpha value is -1.63. The van der Waals surface area contributed by atoms with E-state index in [9.17, 15) is 4.79 Å². The van der Waals surface area contributed by atoms with Crippen LogP contribution in [0, 0.1) is 6.92 Å². The molecular formula is C14H19ClN4OS. The fourth-order valence-corrected chi connectivity index (χ4v) is 2.37. The van der Waals surface area contributed by atoms with Crippen molar-refractivity contribution in [3.05, 3.63) is 35.3 Å². The minimum atomic E-state index is -0.00768. The number of anilines is 3. The van der Waals surface area contributed by atoms with Crippen molar-refractivity contribution in [3.63, 3.8) is 0 Å². The van der Waals surface area contributed by atoms with E-state index in [-0.39, 0.29) is 18.3 Å². The summed E-state index contributed by atoms with van der Waals surface area (Å²) in [7, 11) is 0. The molecular weight excluding hydrogens is 308 g/mol. The quantitative estimate of drug-likeness (QED) is 0.761. The van der Waals surface area contributed by atoms with Crippen LogP contribution in [0.2, 0.25) is 0 Å². The number of nitrogens with one attached hydrogen (secondary N) is 2. The monoisotopic (exact) mass is 326 g/mol. The summed E-state index contributed by atoms with van der Waals surface area (Å²) in [6.07, 6.45) is 1.16. The molecule has 2 rings (SSSR count). The van der Waals surface area contributed by atoms with Gasteiger partial charge >= 0.3 is 0 Å². The molecule has 0 fully saturated rings. The Balaban J connectivity index is 0.00000220. The first-order valence-electron chi connectivity index (χ1n) is 6.46. The van der Waals surface area contributed by atoms with E-state index in [1.807, 2.05) is 36.6 Å². The zero-order valence-corrected chi connectivity index (χ0v) is 13.4. The zero-order chi connectivity index (χ0) is 14.4. The van der Waals surface area contributed by atoms with E-state index >= 15 is 0 Å². The van der Waals surface area contributed by atoms with Crippen LogP contribution in [0.25, 0.3) is 0 Å². The van der Waals surface area contributed by atoms with Gasteiger partial charge in [0.1, 0.15) is 0 Å². The van der Waals surface area contributed by atoms with E-state index in [1.54, 1.807) is 11.3 Å². The van der Waals surface area contributed by atoms with Gasteiger partial charge in [0, 0.05) is 23.2 Å². The first-order chi connectivity index (χ1) is 9.67. The molecule has 0 aliphatic carbocycles. The Morgan fingerprint density at radius 1 is 1.29 bits per heavy atom. The van der Waals surface area contributed by atoms with Crippen molar-refractivity contribution in [1.29, 1.82) is 0 Å². The smallest absolute Gasteiger partial charge is 0.224 e. The van der Waals surface area contributed by atoms with Gasteiger partial charge in [0.25, 0.3) is 0 Å². The van der Waals surface area contributed by atoms with E-state index in [1.165, 1.54) is 0 Å². The largest absolute Gasteiger partial charge is 0.332 e. The van der Waals surface area contributed by atoms with Crippen molar-refractivity contribution in [3.8, 4) is 0 Å². The lowest BCUT2D eigenvalue weighted by atomic mass is 10.2. The number of nitrogens with two attached hydrogens (primary N) is 1. The molecule has 7 heteroatoms. The minimum absolute atomic E-state index is 0. The SMILES string of the molecule is Cc1csc(Nc2ccc(NC(=O)CCCN)cc2)n1.Cl. The summed E-state index contributed by atoms with van der Waals surface area (Å²) in [6, 6.07) is 7.55. The zero-order valence-electron chi connectivity index (χ0n) is 11.8. The number of benzene rings is 1. The lowest BCUT2D eigenvalue weighted by molar-refractivity contribution is -0.116. The van der Waals surface area contributed by atoms with Crippen LogP contribution in [-0.4, -0.2) is 17.4 Å². The summed E-state index contributed by atoms with van der Waals surface area (Å²) in [5.41, 5.74) is 8.10.